The summed E-state index contributed by atoms with van der Waals surface area (Å²) < 4.78 is 1.23. The van der Waals surface area contributed by atoms with E-state index in [-0.39, 0.29) is 5.91 Å². The van der Waals surface area contributed by atoms with Crippen LogP contribution in [0.1, 0.15) is 16.7 Å². The van der Waals surface area contributed by atoms with Gasteiger partial charge in [0.25, 0.3) is 0 Å². The number of aryl methyl sites for hydroxylation is 3. The molecule has 0 aliphatic carbocycles. The van der Waals surface area contributed by atoms with Gasteiger partial charge in [-0.05, 0) is 44.0 Å². The van der Waals surface area contributed by atoms with Gasteiger partial charge in [-0.1, -0.05) is 41.2 Å². The molecule has 3 aromatic rings. The molecular weight excluding hydrogens is 368 g/mol. The number of thiazole rings is 1. The molecule has 2 heterocycles. The Labute approximate surface area is 170 Å². The molecule has 6 heteroatoms. The number of carbonyl (C=O) groups excluding carboxylic acids is 1. The van der Waals surface area contributed by atoms with Crippen molar-refractivity contribution in [2.45, 2.75) is 20.8 Å². The second-order valence-corrected chi connectivity index (χ2v) is 8.56. The summed E-state index contributed by atoms with van der Waals surface area (Å²) in [6.07, 6.45) is 0. The molecule has 0 radical (unpaired) electrons. The van der Waals surface area contributed by atoms with Gasteiger partial charge < -0.3 is 10.2 Å². The first-order valence-corrected chi connectivity index (χ1v) is 10.5. The smallest absolute Gasteiger partial charge is 0.238 e. The van der Waals surface area contributed by atoms with E-state index in [1.165, 1.54) is 10.3 Å². The summed E-state index contributed by atoms with van der Waals surface area (Å²) >= 11 is 1.74. The Bertz CT molecular complexity index is 949. The van der Waals surface area contributed by atoms with Gasteiger partial charge in [-0.2, -0.15) is 0 Å². The summed E-state index contributed by atoms with van der Waals surface area (Å²) in [4.78, 5) is 21.9. The van der Waals surface area contributed by atoms with Crippen molar-refractivity contribution in [2.75, 3.05) is 42.9 Å². The van der Waals surface area contributed by atoms with Crippen molar-refractivity contribution in [1.29, 1.82) is 0 Å². The van der Waals surface area contributed by atoms with Gasteiger partial charge in [-0.3, -0.25) is 9.69 Å². The summed E-state index contributed by atoms with van der Waals surface area (Å²) in [5.74, 6) is 0.0588. The monoisotopic (exact) mass is 394 g/mol. The van der Waals surface area contributed by atoms with Gasteiger partial charge in [0.1, 0.15) is 0 Å². The topological polar surface area (TPSA) is 48.5 Å². The van der Waals surface area contributed by atoms with Crippen LogP contribution in [0.5, 0.6) is 0 Å². The molecule has 4 rings (SSSR count). The molecule has 1 fully saturated rings. The van der Waals surface area contributed by atoms with E-state index in [0.717, 1.165) is 53.6 Å². The van der Waals surface area contributed by atoms with E-state index in [2.05, 4.69) is 52.4 Å². The number of nitrogens with zero attached hydrogens (tertiary/aromatic N) is 3. The minimum atomic E-state index is 0.0588. The predicted molar refractivity (Wildman–Crippen MR) is 118 cm³/mol. The summed E-state index contributed by atoms with van der Waals surface area (Å²) in [5, 5.41) is 4.19. The maximum absolute atomic E-state index is 12.6. The van der Waals surface area contributed by atoms with Crippen molar-refractivity contribution in [1.82, 2.24) is 9.88 Å². The quantitative estimate of drug-likeness (QED) is 0.727. The molecule has 1 aromatic heterocycles. The van der Waals surface area contributed by atoms with Crippen LogP contribution >= 0.6 is 11.3 Å². The molecule has 0 atom stereocenters. The number of anilines is 2. The highest BCUT2D eigenvalue weighted by atomic mass is 32.1. The fraction of sp³-hybridized carbons (Fsp3) is 0.364. The largest absolute Gasteiger partial charge is 0.345 e. The first kappa shape index (κ1) is 18.9. The van der Waals surface area contributed by atoms with Crippen LogP contribution in [-0.2, 0) is 4.79 Å². The molecule has 146 valence electrons. The first-order chi connectivity index (χ1) is 13.5. The van der Waals surface area contributed by atoms with Crippen molar-refractivity contribution in [3.63, 3.8) is 0 Å². The number of hydrogen-bond acceptors (Lipinski definition) is 5. The predicted octanol–water partition coefficient (Wildman–Crippen LogP) is 3.98. The number of benzene rings is 2. The molecule has 0 spiro atoms. The SMILES string of the molecule is Cc1cc(C)c(NC(=O)CN2CCN(c3nc4ccccc4s3)CC2)c(C)c1. The summed E-state index contributed by atoms with van der Waals surface area (Å²) in [6.45, 7) is 10.1. The lowest BCUT2D eigenvalue weighted by Gasteiger charge is -2.34. The van der Waals surface area contributed by atoms with Gasteiger partial charge in [0.2, 0.25) is 5.91 Å². The molecular formula is C22H26N4OS. The molecule has 1 N–H and O–H groups in total. The molecule has 28 heavy (non-hydrogen) atoms. The first-order valence-electron chi connectivity index (χ1n) is 9.70. The summed E-state index contributed by atoms with van der Waals surface area (Å²) in [5.41, 5.74) is 5.47. The molecule has 0 unspecified atom stereocenters. The molecule has 1 aliphatic rings. The number of piperazine rings is 1. The molecule has 2 aromatic carbocycles. The molecule has 1 saturated heterocycles. The average Bonchev–Trinajstić information content (AvgIpc) is 3.09. The van der Waals surface area contributed by atoms with E-state index in [4.69, 9.17) is 4.98 Å². The minimum absolute atomic E-state index is 0.0588. The number of nitrogens with one attached hydrogen (secondary N) is 1. The minimum Gasteiger partial charge on any atom is -0.345 e. The zero-order valence-corrected chi connectivity index (χ0v) is 17.5. The number of carbonyl (C=O) groups is 1. The Morgan fingerprint density at radius 1 is 1.07 bits per heavy atom. The van der Waals surface area contributed by atoms with Gasteiger partial charge in [0.15, 0.2) is 5.13 Å². The van der Waals surface area contributed by atoms with Crippen molar-refractivity contribution < 1.29 is 4.79 Å². The maximum atomic E-state index is 12.6. The van der Waals surface area contributed by atoms with E-state index in [1.807, 2.05) is 19.9 Å². The van der Waals surface area contributed by atoms with E-state index < -0.39 is 0 Å². The highest BCUT2D eigenvalue weighted by molar-refractivity contribution is 7.22. The maximum Gasteiger partial charge on any atom is 0.238 e. The number of fused-ring (bicyclic) bond motifs is 1. The molecule has 5 nitrogen and oxygen atoms in total. The van der Waals surface area contributed by atoms with Crippen LogP contribution in [0.15, 0.2) is 36.4 Å². The lowest BCUT2D eigenvalue weighted by atomic mass is 10.1. The van der Waals surface area contributed by atoms with Crippen molar-refractivity contribution in [3.05, 3.63) is 53.1 Å². The highest BCUT2D eigenvalue weighted by Crippen LogP contribution is 2.29. The van der Waals surface area contributed by atoms with Gasteiger partial charge in [-0.25, -0.2) is 4.98 Å². The van der Waals surface area contributed by atoms with Crippen LogP contribution in [0.4, 0.5) is 10.8 Å². The Hall–Kier alpha value is -2.44. The number of amides is 1. The summed E-state index contributed by atoms with van der Waals surface area (Å²) in [6, 6.07) is 12.5. The second kappa shape index (κ2) is 7.89. The standard InChI is InChI=1S/C22H26N4OS/c1-15-12-16(2)21(17(3)13-15)24-20(27)14-25-8-10-26(11-9-25)22-23-18-6-4-5-7-19(18)28-22/h4-7,12-13H,8-11,14H2,1-3H3,(H,24,27). The fourth-order valence-electron chi connectivity index (χ4n) is 3.85. The third-order valence-corrected chi connectivity index (χ3v) is 6.33. The third kappa shape index (κ3) is 4.03. The van der Waals surface area contributed by atoms with Crippen LogP contribution in [0.3, 0.4) is 0 Å². The second-order valence-electron chi connectivity index (χ2n) is 7.55. The van der Waals surface area contributed by atoms with Gasteiger partial charge in [0.05, 0.1) is 16.8 Å². The molecule has 1 aliphatic heterocycles. The van der Waals surface area contributed by atoms with Crippen molar-refractivity contribution in [3.8, 4) is 0 Å². The lowest BCUT2D eigenvalue weighted by Crippen LogP contribution is -2.48. The Morgan fingerprint density at radius 3 is 2.43 bits per heavy atom. The zero-order chi connectivity index (χ0) is 19.7. The normalized spacial score (nSPS) is 15.2. The van der Waals surface area contributed by atoms with E-state index in [9.17, 15) is 4.79 Å². The van der Waals surface area contributed by atoms with E-state index >= 15 is 0 Å². The number of para-hydroxylation sites is 1. The van der Waals surface area contributed by atoms with Crippen LogP contribution < -0.4 is 10.2 Å². The van der Waals surface area contributed by atoms with Gasteiger partial charge >= 0.3 is 0 Å². The Kier molecular flexibility index (Phi) is 5.33. The number of aromatic nitrogens is 1. The van der Waals surface area contributed by atoms with Crippen LogP contribution in [0, 0.1) is 20.8 Å². The Morgan fingerprint density at radius 2 is 1.75 bits per heavy atom. The van der Waals surface area contributed by atoms with Crippen LogP contribution in [-0.4, -0.2) is 48.5 Å². The zero-order valence-electron chi connectivity index (χ0n) is 16.7. The third-order valence-electron chi connectivity index (χ3n) is 5.23. The Balaban J connectivity index is 1.33. The van der Waals surface area contributed by atoms with E-state index in [1.54, 1.807) is 11.3 Å². The van der Waals surface area contributed by atoms with Crippen molar-refractivity contribution in [2.24, 2.45) is 0 Å². The van der Waals surface area contributed by atoms with Crippen molar-refractivity contribution >= 4 is 38.3 Å². The molecule has 0 saturated carbocycles. The molecule has 1 amide bonds. The lowest BCUT2D eigenvalue weighted by molar-refractivity contribution is -0.117. The van der Waals surface area contributed by atoms with Gasteiger partial charge in [0, 0.05) is 31.9 Å². The summed E-state index contributed by atoms with van der Waals surface area (Å²) in [7, 11) is 0. The van der Waals surface area contributed by atoms with Crippen LogP contribution in [0.25, 0.3) is 10.2 Å². The number of hydrogen-bond donors (Lipinski definition) is 1. The van der Waals surface area contributed by atoms with Gasteiger partial charge in [-0.15, -0.1) is 0 Å². The number of rotatable bonds is 4. The highest BCUT2D eigenvalue weighted by Gasteiger charge is 2.21. The van der Waals surface area contributed by atoms with Crippen LogP contribution in [0.2, 0.25) is 0 Å². The van der Waals surface area contributed by atoms with E-state index in [0.29, 0.717) is 6.54 Å². The average molecular weight is 395 g/mol. The fourth-order valence-corrected chi connectivity index (χ4v) is 4.87. The molecule has 0 bridgehead atoms.